The molecular formula is C17H26N2. The van der Waals surface area contributed by atoms with Gasteiger partial charge in [0.25, 0.3) is 0 Å². The van der Waals surface area contributed by atoms with E-state index in [2.05, 4.69) is 52.8 Å². The molecule has 0 bridgehead atoms. The Balaban J connectivity index is 3.29. The Labute approximate surface area is 117 Å². The number of aryl methyl sites for hydroxylation is 2. The predicted octanol–water partition coefficient (Wildman–Crippen LogP) is 4.15. The van der Waals surface area contributed by atoms with Crippen LogP contribution in [0.25, 0.3) is 0 Å². The predicted molar refractivity (Wildman–Crippen MR) is 80.9 cm³/mol. The molecule has 0 aliphatic rings. The van der Waals surface area contributed by atoms with Gasteiger partial charge in [-0.1, -0.05) is 39.8 Å². The summed E-state index contributed by atoms with van der Waals surface area (Å²) in [5.74, 6) is -0.113. The van der Waals surface area contributed by atoms with Crippen LogP contribution in [-0.4, -0.2) is 0 Å². The minimum absolute atomic E-state index is 0.113. The summed E-state index contributed by atoms with van der Waals surface area (Å²) in [6, 6.07) is 6.56. The fraction of sp³-hybridized carbons (Fsp3) is 0.588. The van der Waals surface area contributed by atoms with Gasteiger partial charge in [0.2, 0.25) is 0 Å². The second-order valence-electron chi connectivity index (χ2n) is 6.44. The minimum Gasteiger partial charge on any atom is -0.323 e. The van der Waals surface area contributed by atoms with E-state index in [0.29, 0.717) is 0 Å². The van der Waals surface area contributed by atoms with Crippen LogP contribution in [0.5, 0.6) is 0 Å². The maximum atomic E-state index is 9.19. The summed E-state index contributed by atoms with van der Waals surface area (Å²) in [5, 5.41) is 9.19. The number of hydrogen-bond acceptors (Lipinski definition) is 2. The molecule has 0 spiro atoms. The highest BCUT2D eigenvalue weighted by Crippen LogP contribution is 2.32. The maximum absolute atomic E-state index is 9.19. The maximum Gasteiger partial charge on any atom is 0.0675 e. The summed E-state index contributed by atoms with van der Waals surface area (Å²) in [6.07, 6.45) is 0.789. The monoisotopic (exact) mass is 258 g/mol. The van der Waals surface area contributed by atoms with Crippen molar-refractivity contribution in [3.8, 4) is 6.07 Å². The average Bonchev–Trinajstić information content (AvgIpc) is 2.28. The molecule has 1 rings (SSSR count). The third-order valence-electron chi connectivity index (χ3n) is 3.83. The van der Waals surface area contributed by atoms with Crippen molar-refractivity contribution in [1.29, 1.82) is 5.26 Å². The van der Waals surface area contributed by atoms with Gasteiger partial charge in [-0.2, -0.15) is 5.26 Å². The first-order valence-corrected chi connectivity index (χ1v) is 6.99. The Hall–Kier alpha value is -1.33. The molecule has 1 aromatic rings. The second-order valence-corrected chi connectivity index (χ2v) is 6.44. The Morgan fingerprint density at radius 1 is 1.21 bits per heavy atom. The van der Waals surface area contributed by atoms with Gasteiger partial charge in [0.05, 0.1) is 12.0 Å². The highest BCUT2D eigenvalue weighted by atomic mass is 14.7. The molecule has 0 aliphatic heterocycles. The van der Waals surface area contributed by atoms with Crippen molar-refractivity contribution in [1.82, 2.24) is 0 Å². The summed E-state index contributed by atoms with van der Waals surface area (Å²) in [6.45, 7) is 12.9. The standard InChI is InChI=1S/C17H26N2/c1-7-13(10-18)16(19)15-11(2)8-14(9-12(15)3)17(4,5)6/h8-9,13,16H,7,19H2,1-6H3. The molecule has 0 saturated carbocycles. The largest absolute Gasteiger partial charge is 0.323 e. The number of hydrogen-bond donors (Lipinski definition) is 1. The van der Waals surface area contributed by atoms with Crippen molar-refractivity contribution in [2.75, 3.05) is 0 Å². The minimum atomic E-state index is -0.191. The first-order chi connectivity index (χ1) is 8.72. The van der Waals surface area contributed by atoms with Crippen LogP contribution in [-0.2, 0) is 5.41 Å². The number of benzene rings is 1. The lowest BCUT2D eigenvalue weighted by atomic mass is 9.81. The lowest BCUT2D eigenvalue weighted by molar-refractivity contribution is 0.512. The topological polar surface area (TPSA) is 49.8 Å². The Morgan fingerprint density at radius 3 is 2.00 bits per heavy atom. The Kier molecular flexibility index (Phi) is 4.76. The average molecular weight is 258 g/mol. The molecule has 104 valence electrons. The van der Waals surface area contributed by atoms with Crippen LogP contribution in [0.1, 0.15) is 62.4 Å². The zero-order chi connectivity index (χ0) is 14.8. The van der Waals surface area contributed by atoms with Gasteiger partial charge in [0.15, 0.2) is 0 Å². The zero-order valence-corrected chi connectivity index (χ0v) is 13.0. The van der Waals surface area contributed by atoms with Crippen LogP contribution >= 0.6 is 0 Å². The Bertz CT molecular complexity index is 466. The molecule has 0 amide bonds. The van der Waals surface area contributed by atoms with Gasteiger partial charge in [0.1, 0.15) is 0 Å². The van der Waals surface area contributed by atoms with Crippen LogP contribution in [0.2, 0.25) is 0 Å². The highest BCUT2D eigenvalue weighted by Gasteiger charge is 2.23. The van der Waals surface area contributed by atoms with E-state index in [0.717, 1.165) is 12.0 Å². The van der Waals surface area contributed by atoms with Crippen molar-refractivity contribution in [3.63, 3.8) is 0 Å². The number of nitrogens with two attached hydrogens (primary N) is 1. The molecule has 0 radical (unpaired) electrons. The molecule has 0 heterocycles. The third kappa shape index (κ3) is 3.36. The Morgan fingerprint density at radius 2 is 1.68 bits per heavy atom. The van der Waals surface area contributed by atoms with Gasteiger partial charge in [-0.3, -0.25) is 0 Å². The molecule has 2 heteroatoms. The summed E-state index contributed by atoms with van der Waals surface area (Å²) >= 11 is 0. The highest BCUT2D eigenvalue weighted by molar-refractivity contribution is 5.42. The normalized spacial score (nSPS) is 14.8. The molecule has 19 heavy (non-hydrogen) atoms. The van der Waals surface area contributed by atoms with E-state index < -0.39 is 0 Å². The van der Waals surface area contributed by atoms with Crippen molar-refractivity contribution in [2.24, 2.45) is 11.7 Å². The van der Waals surface area contributed by atoms with E-state index in [9.17, 15) is 5.26 Å². The summed E-state index contributed by atoms with van der Waals surface area (Å²) in [7, 11) is 0. The van der Waals surface area contributed by atoms with Gasteiger partial charge in [-0.15, -0.1) is 0 Å². The van der Waals surface area contributed by atoms with E-state index in [1.54, 1.807) is 0 Å². The van der Waals surface area contributed by atoms with Crippen LogP contribution in [0.15, 0.2) is 12.1 Å². The summed E-state index contributed by atoms with van der Waals surface area (Å²) in [4.78, 5) is 0. The summed E-state index contributed by atoms with van der Waals surface area (Å²) in [5.41, 5.74) is 11.3. The number of rotatable bonds is 3. The number of nitriles is 1. The van der Waals surface area contributed by atoms with E-state index in [1.165, 1.54) is 16.7 Å². The molecule has 2 nitrogen and oxygen atoms in total. The van der Waals surface area contributed by atoms with Gasteiger partial charge in [-0.05, 0) is 47.9 Å². The zero-order valence-electron chi connectivity index (χ0n) is 13.0. The lowest BCUT2D eigenvalue weighted by Gasteiger charge is -2.26. The van der Waals surface area contributed by atoms with E-state index in [4.69, 9.17) is 5.73 Å². The van der Waals surface area contributed by atoms with E-state index >= 15 is 0 Å². The second kappa shape index (κ2) is 5.75. The SMILES string of the molecule is CCC(C#N)C(N)c1c(C)cc(C(C)(C)C)cc1C. The van der Waals surface area contributed by atoms with Crippen LogP contribution in [0.4, 0.5) is 0 Å². The third-order valence-corrected chi connectivity index (χ3v) is 3.83. The molecule has 0 saturated heterocycles. The first-order valence-electron chi connectivity index (χ1n) is 6.99. The summed E-state index contributed by atoms with van der Waals surface area (Å²) < 4.78 is 0. The van der Waals surface area contributed by atoms with E-state index in [1.807, 2.05) is 6.92 Å². The van der Waals surface area contributed by atoms with Crippen molar-refractivity contribution in [3.05, 3.63) is 34.4 Å². The first kappa shape index (κ1) is 15.7. The van der Waals surface area contributed by atoms with Gasteiger partial charge in [0, 0.05) is 6.04 Å². The fourth-order valence-electron chi connectivity index (χ4n) is 2.56. The molecule has 0 aliphatic carbocycles. The van der Waals surface area contributed by atoms with Gasteiger partial charge >= 0.3 is 0 Å². The molecule has 2 N–H and O–H groups in total. The molecule has 2 atom stereocenters. The number of nitrogens with zero attached hydrogens (tertiary/aromatic N) is 1. The lowest BCUT2D eigenvalue weighted by Crippen LogP contribution is -2.23. The van der Waals surface area contributed by atoms with E-state index in [-0.39, 0.29) is 17.4 Å². The van der Waals surface area contributed by atoms with Crippen LogP contribution in [0.3, 0.4) is 0 Å². The van der Waals surface area contributed by atoms with Crippen LogP contribution < -0.4 is 5.73 Å². The molecule has 1 aromatic carbocycles. The molecular weight excluding hydrogens is 232 g/mol. The quantitative estimate of drug-likeness (QED) is 0.885. The van der Waals surface area contributed by atoms with Crippen molar-refractivity contribution < 1.29 is 0 Å². The van der Waals surface area contributed by atoms with Crippen molar-refractivity contribution >= 4 is 0 Å². The van der Waals surface area contributed by atoms with Gasteiger partial charge < -0.3 is 5.73 Å². The smallest absolute Gasteiger partial charge is 0.0675 e. The van der Waals surface area contributed by atoms with Crippen LogP contribution in [0, 0.1) is 31.1 Å². The molecule has 2 unspecified atom stereocenters. The molecule has 0 fully saturated rings. The van der Waals surface area contributed by atoms with Gasteiger partial charge in [-0.25, -0.2) is 0 Å². The molecule has 0 aromatic heterocycles. The van der Waals surface area contributed by atoms with Crippen molar-refractivity contribution in [2.45, 2.75) is 59.4 Å². The fourth-order valence-corrected chi connectivity index (χ4v) is 2.56.